The van der Waals surface area contributed by atoms with Crippen LogP contribution in [-0.2, 0) is 9.47 Å². The average Bonchev–Trinajstić information content (AvgIpc) is 3.10. The van der Waals surface area contributed by atoms with Gasteiger partial charge in [0.15, 0.2) is 0 Å². The number of carbonyl (C=O) groups is 2. The molecule has 0 radical (unpaired) electrons. The Morgan fingerprint density at radius 2 is 1.90 bits per heavy atom. The van der Waals surface area contributed by atoms with E-state index in [1.165, 1.54) is 7.11 Å². The van der Waals surface area contributed by atoms with Crippen molar-refractivity contribution in [2.45, 2.75) is 65.0 Å². The van der Waals surface area contributed by atoms with Gasteiger partial charge in [-0.15, -0.1) is 0 Å². The maximum absolute atomic E-state index is 12.3. The van der Waals surface area contributed by atoms with Crippen LogP contribution < -0.4 is 5.32 Å². The first-order valence-electron chi connectivity index (χ1n) is 10.4. The molecule has 1 saturated heterocycles. The molecule has 0 spiro atoms. The van der Waals surface area contributed by atoms with Gasteiger partial charge in [0, 0.05) is 30.7 Å². The number of ether oxygens (including phenoxy) is 2. The first-order chi connectivity index (χ1) is 14.1. The van der Waals surface area contributed by atoms with Crippen molar-refractivity contribution in [3.63, 3.8) is 0 Å². The Balaban J connectivity index is 1.73. The number of imidazole rings is 1. The van der Waals surface area contributed by atoms with Gasteiger partial charge in [-0.05, 0) is 45.7 Å². The summed E-state index contributed by atoms with van der Waals surface area (Å²) in [5, 5.41) is 3.50. The highest BCUT2D eigenvalue weighted by Gasteiger charge is 2.27. The number of aromatic nitrogens is 2. The number of anilines is 1. The summed E-state index contributed by atoms with van der Waals surface area (Å²) in [6, 6.07) is 3.96. The van der Waals surface area contributed by atoms with E-state index in [4.69, 9.17) is 9.47 Å². The van der Waals surface area contributed by atoms with Gasteiger partial charge in [-0.1, -0.05) is 13.8 Å². The Bertz CT molecular complexity index is 921. The van der Waals surface area contributed by atoms with Crippen LogP contribution in [0.2, 0.25) is 0 Å². The van der Waals surface area contributed by atoms with Crippen molar-refractivity contribution in [1.29, 1.82) is 0 Å². The fourth-order valence-electron chi connectivity index (χ4n) is 3.53. The summed E-state index contributed by atoms with van der Waals surface area (Å²) in [6.07, 6.45) is 1.32. The normalized spacial score (nSPS) is 15.5. The van der Waals surface area contributed by atoms with Crippen LogP contribution in [0.5, 0.6) is 0 Å². The fourth-order valence-corrected chi connectivity index (χ4v) is 3.53. The highest BCUT2D eigenvalue weighted by atomic mass is 16.6. The highest BCUT2D eigenvalue weighted by molar-refractivity contribution is 6.03. The molecule has 0 bridgehead atoms. The molecule has 1 aliphatic heterocycles. The number of hydrogen-bond donors (Lipinski definition) is 2. The lowest BCUT2D eigenvalue weighted by Gasteiger charge is -2.34. The molecule has 8 nitrogen and oxygen atoms in total. The molecule has 1 aromatic heterocycles. The molecule has 1 aromatic carbocycles. The van der Waals surface area contributed by atoms with Crippen molar-refractivity contribution in [3.8, 4) is 0 Å². The van der Waals surface area contributed by atoms with Gasteiger partial charge in [0.25, 0.3) is 0 Å². The number of hydrogen-bond acceptors (Lipinski definition) is 6. The molecule has 2 heterocycles. The number of esters is 1. The van der Waals surface area contributed by atoms with E-state index in [9.17, 15) is 9.59 Å². The maximum atomic E-state index is 12.3. The van der Waals surface area contributed by atoms with Gasteiger partial charge in [-0.3, -0.25) is 0 Å². The fraction of sp³-hybridized carbons (Fsp3) is 0.591. The predicted octanol–water partition coefficient (Wildman–Crippen LogP) is 4.28. The predicted molar refractivity (Wildman–Crippen MR) is 116 cm³/mol. The Kier molecular flexibility index (Phi) is 6.24. The molecule has 164 valence electrons. The van der Waals surface area contributed by atoms with Crippen LogP contribution in [0.4, 0.5) is 10.5 Å². The number of methoxy groups -OCH3 is 1. The molecular weight excluding hydrogens is 384 g/mol. The third-order valence-corrected chi connectivity index (χ3v) is 5.07. The number of benzene rings is 1. The lowest BCUT2D eigenvalue weighted by molar-refractivity contribution is 0.0210. The Labute approximate surface area is 177 Å². The number of amides is 1. The Morgan fingerprint density at radius 3 is 2.47 bits per heavy atom. The summed E-state index contributed by atoms with van der Waals surface area (Å²) in [5.41, 5.74) is 2.20. The zero-order chi connectivity index (χ0) is 22.1. The van der Waals surface area contributed by atoms with E-state index in [0.717, 1.165) is 29.9 Å². The summed E-state index contributed by atoms with van der Waals surface area (Å²) in [5.74, 6) is 0.639. The molecule has 0 saturated carbocycles. The molecule has 0 atom stereocenters. The standard InChI is InChI=1S/C22H32N4O4/c1-13(2)19-24-17-12-15(11-16(18(17)25-19)20(27)29-6)23-14-7-9-26(10-8-14)21(28)30-22(3,4)5/h11-14,23H,7-10H2,1-6H3,(H,24,25). The van der Waals surface area contributed by atoms with Crippen LogP contribution >= 0.6 is 0 Å². The Morgan fingerprint density at radius 1 is 1.23 bits per heavy atom. The van der Waals surface area contributed by atoms with Gasteiger partial charge >= 0.3 is 12.1 Å². The molecule has 0 aliphatic carbocycles. The molecule has 2 aromatic rings. The molecule has 1 amide bonds. The van der Waals surface area contributed by atoms with Gasteiger partial charge in [0.05, 0.1) is 18.2 Å². The quantitative estimate of drug-likeness (QED) is 0.722. The second kappa shape index (κ2) is 8.53. The van der Waals surface area contributed by atoms with Crippen LogP contribution in [-0.4, -0.2) is 58.8 Å². The minimum Gasteiger partial charge on any atom is -0.465 e. The number of fused-ring (bicyclic) bond motifs is 1. The lowest BCUT2D eigenvalue weighted by Crippen LogP contribution is -2.44. The van der Waals surface area contributed by atoms with Crippen LogP contribution in [0.3, 0.4) is 0 Å². The molecule has 2 N–H and O–H groups in total. The lowest BCUT2D eigenvalue weighted by atomic mass is 10.0. The summed E-state index contributed by atoms with van der Waals surface area (Å²) >= 11 is 0. The van der Waals surface area contributed by atoms with Crippen molar-refractivity contribution in [3.05, 3.63) is 23.5 Å². The van der Waals surface area contributed by atoms with E-state index in [2.05, 4.69) is 15.3 Å². The van der Waals surface area contributed by atoms with Gasteiger partial charge in [0.1, 0.15) is 16.9 Å². The van der Waals surface area contributed by atoms with Crippen LogP contribution in [0.25, 0.3) is 11.0 Å². The van der Waals surface area contributed by atoms with Crippen molar-refractivity contribution >= 4 is 28.8 Å². The largest absolute Gasteiger partial charge is 0.465 e. The third-order valence-electron chi connectivity index (χ3n) is 5.07. The summed E-state index contributed by atoms with van der Waals surface area (Å²) in [6.45, 7) is 11.0. The summed E-state index contributed by atoms with van der Waals surface area (Å²) in [7, 11) is 1.37. The van der Waals surface area contributed by atoms with Gasteiger partial charge in [-0.2, -0.15) is 0 Å². The van der Waals surface area contributed by atoms with Crippen LogP contribution in [0, 0.1) is 0 Å². The van der Waals surface area contributed by atoms with Crippen LogP contribution in [0.1, 0.15) is 69.6 Å². The Hall–Kier alpha value is -2.77. The van der Waals surface area contributed by atoms with E-state index in [1.807, 2.05) is 40.7 Å². The van der Waals surface area contributed by atoms with Crippen molar-refractivity contribution < 1.29 is 19.1 Å². The summed E-state index contributed by atoms with van der Waals surface area (Å²) in [4.78, 5) is 34.2. The molecule has 3 rings (SSSR count). The molecule has 8 heteroatoms. The zero-order valence-corrected chi connectivity index (χ0v) is 18.7. The average molecular weight is 417 g/mol. The number of aromatic amines is 1. The topological polar surface area (TPSA) is 96.5 Å². The van der Waals surface area contributed by atoms with Crippen molar-refractivity contribution in [2.24, 2.45) is 0 Å². The number of carbonyl (C=O) groups excluding carboxylic acids is 2. The highest BCUT2D eigenvalue weighted by Crippen LogP contribution is 2.27. The number of piperidine rings is 1. The van der Waals surface area contributed by atoms with Crippen LogP contribution in [0.15, 0.2) is 12.1 Å². The minimum absolute atomic E-state index is 0.194. The smallest absolute Gasteiger partial charge is 0.410 e. The van der Waals surface area contributed by atoms with E-state index in [0.29, 0.717) is 24.2 Å². The third kappa shape index (κ3) is 5.04. The SMILES string of the molecule is COC(=O)c1cc(NC2CCN(C(=O)OC(C)(C)C)CC2)cc2[nH]c(C(C)C)nc12. The zero-order valence-electron chi connectivity index (χ0n) is 18.7. The first-order valence-corrected chi connectivity index (χ1v) is 10.4. The van der Waals surface area contributed by atoms with E-state index >= 15 is 0 Å². The molecule has 0 unspecified atom stereocenters. The number of likely N-dealkylation sites (tertiary alicyclic amines) is 1. The molecular formula is C22H32N4O4. The number of nitrogens with zero attached hydrogens (tertiary/aromatic N) is 2. The van der Waals surface area contributed by atoms with Crippen molar-refractivity contribution in [2.75, 3.05) is 25.5 Å². The first kappa shape index (κ1) is 21.9. The maximum Gasteiger partial charge on any atom is 0.410 e. The minimum atomic E-state index is -0.495. The molecule has 30 heavy (non-hydrogen) atoms. The monoisotopic (exact) mass is 416 g/mol. The van der Waals surface area contributed by atoms with Crippen molar-refractivity contribution in [1.82, 2.24) is 14.9 Å². The van der Waals surface area contributed by atoms with E-state index in [-0.39, 0.29) is 18.1 Å². The second-order valence-corrected chi connectivity index (χ2v) is 9.07. The van der Waals surface area contributed by atoms with Gasteiger partial charge in [0.2, 0.25) is 0 Å². The summed E-state index contributed by atoms with van der Waals surface area (Å²) < 4.78 is 10.4. The van der Waals surface area contributed by atoms with Gasteiger partial charge < -0.3 is 24.7 Å². The second-order valence-electron chi connectivity index (χ2n) is 9.07. The van der Waals surface area contributed by atoms with Gasteiger partial charge in [-0.25, -0.2) is 14.6 Å². The molecule has 1 fully saturated rings. The van der Waals surface area contributed by atoms with E-state index in [1.54, 1.807) is 11.0 Å². The van der Waals surface area contributed by atoms with E-state index < -0.39 is 11.6 Å². The molecule has 1 aliphatic rings. The number of nitrogens with one attached hydrogen (secondary N) is 2. The number of H-pyrrole nitrogens is 1. The number of rotatable bonds is 4.